The van der Waals surface area contributed by atoms with E-state index in [1.165, 1.54) is 0 Å². The molecule has 0 saturated heterocycles. The van der Waals surface area contributed by atoms with Gasteiger partial charge in [-0.3, -0.25) is 0 Å². The Balaban J connectivity index is 0. The molecule has 0 bridgehead atoms. The molecule has 0 radical (unpaired) electrons. The fourth-order valence-corrected chi connectivity index (χ4v) is 0.574. The van der Waals surface area contributed by atoms with Crippen LogP contribution in [0.5, 0.6) is 0 Å². The summed E-state index contributed by atoms with van der Waals surface area (Å²) in [4.78, 5) is 0. The molecule has 0 heterocycles. The van der Waals surface area contributed by atoms with Crippen LogP contribution in [0.4, 0.5) is 43.9 Å². The van der Waals surface area contributed by atoms with Gasteiger partial charge in [0, 0.05) is 0 Å². The van der Waals surface area contributed by atoms with Crippen molar-refractivity contribution in [1.82, 2.24) is 0 Å². The Bertz CT molecular complexity index is 277. The zero-order chi connectivity index (χ0) is 16.6. The summed E-state index contributed by atoms with van der Waals surface area (Å²) in [5.74, 6) is -0.660. The molecule has 0 aliphatic carbocycles. The second-order valence-corrected chi connectivity index (χ2v) is 2.81. The summed E-state index contributed by atoms with van der Waals surface area (Å²) in [5, 5.41) is 0. The molecule has 122 valence electrons. The summed E-state index contributed by atoms with van der Waals surface area (Å²) in [5.41, 5.74) is 0. The third kappa shape index (κ3) is 9.69. The minimum Gasteiger partial charge on any atom is -0.462 e. The Morgan fingerprint density at radius 3 is 1.40 bits per heavy atom. The number of rotatable bonds is 4. The van der Waals surface area contributed by atoms with E-state index in [9.17, 15) is 43.9 Å². The SMILES string of the molecule is CC(OCF)=C(F)F.FCOC(C(F)(F)F)C(F)(F)F. The van der Waals surface area contributed by atoms with Crippen LogP contribution in [0, 0.1) is 0 Å². The highest BCUT2D eigenvalue weighted by Gasteiger charge is 2.58. The summed E-state index contributed by atoms with van der Waals surface area (Å²) < 4.78 is 119. The summed E-state index contributed by atoms with van der Waals surface area (Å²) in [6.07, 6.45) is -17.3. The van der Waals surface area contributed by atoms with Crippen molar-refractivity contribution >= 4 is 0 Å². The lowest BCUT2D eigenvalue weighted by atomic mass is 10.3. The van der Waals surface area contributed by atoms with Crippen molar-refractivity contribution < 1.29 is 53.4 Å². The van der Waals surface area contributed by atoms with Crippen LogP contribution in [0.1, 0.15) is 6.92 Å². The molecule has 20 heavy (non-hydrogen) atoms. The van der Waals surface area contributed by atoms with Crippen molar-refractivity contribution in [3.63, 3.8) is 0 Å². The Labute approximate surface area is 105 Å². The number of ether oxygens (including phenoxy) is 2. The van der Waals surface area contributed by atoms with Crippen molar-refractivity contribution in [3.8, 4) is 0 Å². The molecule has 12 heteroatoms. The topological polar surface area (TPSA) is 18.5 Å². The van der Waals surface area contributed by atoms with E-state index in [1.54, 1.807) is 0 Å². The van der Waals surface area contributed by atoms with Crippen molar-refractivity contribution in [2.45, 2.75) is 25.4 Å². The van der Waals surface area contributed by atoms with Crippen LogP contribution in [0.25, 0.3) is 0 Å². The molecule has 0 aromatic carbocycles. The van der Waals surface area contributed by atoms with E-state index in [1.807, 2.05) is 0 Å². The average molecular weight is 326 g/mol. The second kappa shape index (κ2) is 8.87. The second-order valence-electron chi connectivity index (χ2n) is 2.81. The Morgan fingerprint density at radius 2 is 1.30 bits per heavy atom. The van der Waals surface area contributed by atoms with Gasteiger partial charge in [0.05, 0.1) is 0 Å². The monoisotopic (exact) mass is 326 g/mol. The van der Waals surface area contributed by atoms with Gasteiger partial charge in [-0.15, -0.1) is 0 Å². The van der Waals surface area contributed by atoms with E-state index in [-0.39, 0.29) is 0 Å². The molecular weight excluding hydrogens is 318 g/mol. The van der Waals surface area contributed by atoms with Gasteiger partial charge in [-0.1, -0.05) is 0 Å². The molecule has 0 unspecified atom stereocenters. The van der Waals surface area contributed by atoms with E-state index in [2.05, 4.69) is 9.47 Å². The summed E-state index contributed by atoms with van der Waals surface area (Å²) in [7, 11) is 0. The molecule has 2 nitrogen and oxygen atoms in total. The van der Waals surface area contributed by atoms with Gasteiger partial charge in [-0.2, -0.15) is 35.1 Å². The third-order valence-electron chi connectivity index (χ3n) is 1.36. The molecule has 0 atom stereocenters. The molecule has 0 amide bonds. The van der Waals surface area contributed by atoms with E-state index in [0.717, 1.165) is 6.92 Å². The first-order valence-electron chi connectivity index (χ1n) is 4.39. The van der Waals surface area contributed by atoms with Crippen LogP contribution in [0.2, 0.25) is 0 Å². The van der Waals surface area contributed by atoms with Crippen LogP contribution in [0.3, 0.4) is 0 Å². The maximum Gasteiger partial charge on any atom is 0.423 e. The molecule has 0 aromatic heterocycles. The molecule has 0 aromatic rings. The summed E-state index contributed by atoms with van der Waals surface area (Å²) in [6.45, 7) is -2.35. The number of hydrogen-bond acceptors (Lipinski definition) is 2. The van der Waals surface area contributed by atoms with Gasteiger partial charge in [-0.25, -0.2) is 8.78 Å². The van der Waals surface area contributed by atoms with Crippen LogP contribution < -0.4 is 0 Å². The average Bonchev–Trinajstić information content (AvgIpc) is 2.23. The van der Waals surface area contributed by atoms with Gasteiger partial charge in [0.2, 0.25) is 6.86 Å². The summed E-state index contributed by atoms with van der Waals surface area (Å²) in [6, 6.07) is 0. The largest absolute Gasteiger partial charge is 0.462 e. The normalized spacial score (nSPS) is 11.8. The molecule has 0 saturated carbocycles. The van der Waals surface area contributed by atoms with Gasteiger partial charge in [0.1, 0.15) is 0 Å². The van der Waals surface area contributed by atoms with E-state index < -0.39 is 44.0 Å². The predicted octanol–water partition coefficient (Wildman–Crippen LogP) is 4.48. The Kier molecular flexibility index (Phi) is 9.36. The molecule has 0 fully saturated rings. The third-order valence-corrected chi connectivity index (χ3v) is 1.36. The maximum absolute atomic E-state index is 11.4. The van der Waals surface area contributed by atoms with Crippen LogP contribution in [0.15, 0.2) is 11.8 Å². The molecular formula is C8H8F10O2. The highest BCUT2D eigenvalue weighted by molar-refractivity contribution is 4.86. The van der Waals surface area contributed by atoms with Crippen LogP contribution >= 0.6 is 0 Å². The van der Waals surface area contributed by atoms with Gasteiger partial charge in [0.15, 0.2) is 12.6 Å². The highest BCUT2D eigenvalue weighted by atomic mass is 19.4. The van der Waals surface area contributed by atoms with Gasteiger partial charge < -0.3 is 9.47 Å². The van der Waals surface area contributed by atoms with Crippen molar-refractivity contribution in [1.29, 1.82) is 0 Å². The first-order valence-corrected chi connectivity index (χ1v) is 4.39. The first kappa shape index (κ1) is 21.1. The highest BCUT2D eigenvalue weighted by Crippen LogP contribution is 2.35. The smallest absolute Gasteiger partial charge is 0.423 e. The molecule has 0 spiro atoms. The zero-order valence-electron chi connectivity index (χ0n) is 9.59. The molecule has 0 aliphatic rings. The lowest BCUT2D eigenvalue weighted by Gasteiger charge is -2.21. The predicted molar refractivity (Wildman–Crippen MR) is 44.9 cm³/mol. The van der Waals surface area contributed by atoms with Crippen LogP contribution in [-0.2, 0) is 9.47 Å². The molecule has 0 N–H and O–H groups in total. The van der Waals surface area contributed by atoms with Crippen molar-refractivity contribution in [2.75, 3.05) is 13.7 Å². The van der Waals surface area contributed by atoms with Crippen molar-refractivity contribution in [3.05, 3.63) is 11.8 Å². The Morgan fingerprint density at radius 1 is 0.900 bits per heavy atom. The van der Waals surface area contributed by atoms with Gasteiger partial charge in [0.25, 0.3) is 6.10 Å². The summed E-state index contributed by atoms with van der Waals surface area (Å²) >= 11 is 0. The minimum atomic E-state index is -5.63. The first-order chi connectivity index (χ1) is 8.87. The lowest BCUT2D eigenvalue weighted by Crippen LogP contribution is -2.44. The van der Waals surface area contributed by atoms with E-state index in [0.29, 0.717) is 0 Å². The fraction of sp³-hybridized carbons (Fsp3) is 0.750. The number of alkyl halides is 8. The van der Waals surface area contributed by atoms with Gasteiger partial charge in [-0.05, 0) is 6.92 Å². The number of allylic oxidation sites excluding steroid dienone is 1. The molecule has 0 rings (SSSR count). The quantitative estimate of drug-likeness (QED) is 0.560. The lowest BCUT2D eigenvalue weighted by molar-refractivity contribution is -0.327. The Hall–Kier alpha value is -1.20. The molecule has 0 aliphatic heterocycles. The van der Waals surface area contributed by atoms with Crippen LogP contribution in [-0.4, -0.2) is 32.2 Å². The fourth-order valence-electron chi connectivity index (χ4n) is 0.574. The number of hydrogen-bond donors (Lipinski definition) is 0. The standard InChI is InChI=1S/C4H3F7O.C4H5F3O/c5-1-12-2(3(6,7)8)4(9,10)11;1-3(4(6)7)8-2-5/h2H,1H2;2H2,1H3. The van der Waals surface area contributed by atoms with E-state index >= 15 is 0 Å². The number of halogens is 10. The zero-order valence-corrected chi connectivity index (χ0v) is 9.59. The minimum absolute atomic E-state index is 0.660. The van der Waals surface area contributed by atoms with E-state index in [4.69, 9.17) is 0 Å². The van der Waals surface area contributed by atoms with Gasteiger partial charge >= 0.3 is 18.4 Å². The maximum atomic E-state index is 11.4. The van der Waals surface area contributed by atoms with Crippen molar-refractivity contribution in [2.24, 2.45) is 0 Å².